The fourth-order valence-electron chi connectivity index (χ4n) is 2.88. The maximum atomic E-state index is 10.0. The summed E-state index contributed by atoms with van der Waals surface area (Å²) < 4.78 is 5.69. The van der Waals surface area contributed by atoms with Crippen molar-refractivity contribution in [1.82, 2.24) is 4.90 Å². The van der Waals surface area contributed by atoms with Gasteiger partial charge in [-0.25, -0.2) is 0 Å². The number of hydrogen-bond acceptors (Lipinski definition) is 4. The van der Waals surface area contributed by atoms with Crippen molar-refractivity contribution in [2.45, 2.75) is 44.2 Å². The van der Waals surface area contributed by atoms with E-state index < -0.39 is 0 Å². The van der Waals surface area contributed by atoms with Crippen molar-refractivity contribution in [2.75, 3.05) is 25.9 Å². The van der Waals surface area contributed by atoms with E-state index in [1.54, 1.807) is 0 Å². The fourth-order valence-corrected chi connectivity index (χ4v) is 2.88. The lowest BCUT2D eigenvalue weighted by Crippen LogP contribution is -2.43. The molecule has 1 aliphatic carbocycles. The van der Waals surface area contributed by atoms with E-state index in [9.17, 15) is 5.11 Å². The molecule has 0 saturated heterocycles. The number of anilines is 1. The van der Waals surface area contributed by atoms with Gasteiger partial charge in [0.05, 0.1) is 18.4 Å². The lowest BCUT2D eigenvalue weighted by molar-refractivity contribution is 0.0304. The number of aliphatic hydroxyl groups excluding tert-OH is 1. The fraction of sp³-hybridized carbons (Fsp3) is 0.625. The molecular formula is C16H26N2O2. The number of likely N-dealkylation sites (N-methyl/N-ethyl adjacent to an activating group) is 1. The molecule has 3 N–H and O–H groups in total. The first-order valence-corrected chi connectivity index (χ1v) is 7.54. The number of para-hydroxylation sites is 2. The number of benzene rings is 1. The van der Waals surface area contributed by atoms with Crippen LogP contribution in [-0.4, -0.2) is 42.4 Å². The number of nitrogens with two attached hydrogens (primary N) is 1. The monoisotopic (exact) mass is 278 g/mol. The lowest BCUT2D eigenvalue weighted by Gasteiger charge is -2.35. The van der Waals surface area contributed by atoms with Crippen molar-refractivity contribution in [2.24, 2.45) is 0 Å². The van der Waals surface area contributed by atoms with Gasteiger partial charge in [0.1, 0.15) is 5.75 Å². The minimum atomic E-state index is -0.167. The molecule has 4 nitrogen and oxygen atoms in total. The second-order valence-electron chi connectivity index (χ2n) is 5.64. The summed E-state index contributed by atoms with van der Waals surface area (Å²) in [6.07, 6.45) is 5.19. The molecule has 0 amide bonds. The van der Waals surface area contributed by atoms with Crippen molar-refractivity contribution in [3.63, 3.8) is 0 Å². The van der Waals surface area contributed by atoms with Gasteiger partial charge in [-0.2, -0.15) is 0 Å². The van der Waals surface area contributed by atoms with Gasteiger partial charge in [-0.05, 0) is 38.4 Å². The van der Waals surface area contributed by atoms with Gasteiger partial charge < -0.3 is 20.5 Å². The van der Waals surface area contributed by atoms with Crippen molar-refractivity contribution in [3.05, 3.63) is 24.3 Å². The third-order valence-electron chi connectivity index (χ3n) is 4.09. The average molecular weight is 278 g/mol. The van der Waals surface area contributed by atoms with Crippen LogP contribution in [0.1, 0.15) is 32.1 Å². The van der Waals surface area contributed by atoms with Gasteiger partial charge in [0.15, 0.2) is 0 Å². The summed E-state index contributed by atoms with van der Waals surface area (Å²) in [7, 11) is 2.09. The largest absolute Gasteiger partial charge is 0.491 e. The molecule has 1 saturated carbocycles. The van der Waals surface area contributed by atoms with E-state index in [2.05, 4.69) is 11.9 Å². The number of hydrogen-bond donors (Lipinski definition) is 2. The molecule has 0 spiro atoms. The zero-order valence-electron chi connectivity index (χ0n) is 12.3. The molecule has 1 aliphatic rings. The van der Waals surface area contributed by atoms with E-state index in [-0.39, 0.29) is 6.10 Å². The summed E-state index contributed by atoms with van der Waals surface area (Å²) in [6.45, 7) is 1.59. The Morgan fingerprint density at radius 2 is 2.05 bits per heavy atom. The first kappa shape index (κ1) is 15.1. The standard InChI is InChI=1S/C16H26N2O2/c1-18(14-8-3-4-9-15(14)19)11-6-12-20-16-10-5-2-7-13(16)17/h2,5,7,10,14-15,19H,3-4,6,8-9,11-12,17H2,1H3. The van der Waals surface area contributed by atoms with E-state index >= 15 is 0 Å². The molecule has 0 aromatic heterocycles. The first-order valence-electron chi connectivity index (χ1n) is 7.54. The Labute approximate surface area is 121 Å². The maximum Gasteiger partial charge on any atom is 0.142 e. The van der Waals surface area contributed by atoms with Crippen molar-refractivity contribution >= 4 is 5.69 Å². The number of nitrogens with zero attached hydrogens (tertiary/aromatic N) is 1. The van der Waals surface area contributed by atoms with E-state index in [0.29, 0.717) is 18.3 Å². The maximum absolute atomic E-state index is 10.0. The average Bonchev–Trinajstić information content (AvgIpc) is 2.45. The highest BCUT2D eigenvalue weighted by molar-refractivity contribution is 5.51. The highest BCUT2D eigenvalue weighted by atomic mass is 16.5. The first-order chi connectivity index (χ1) is 9.68. The quantitative estimate of drug-likeness (QED) is 0.619. The topological polar surface area (TPSA) is 58.7 Å². The molecule has 2 rings (SSSR count). The van der Waals surface area contributed by atoms with Gasteiger partial charge in [0.25, 0.3) is 0 Å². The number of nitrogen functional groups attached to an aromatic ring is 1. The Hall–Kier alpha value is -1.26. The molecule has 1 aromatic rings. The van der Waals surface area contributed by atoms with Crippen LogP contribution in [-0.2, 0) is 0 Å². The van der Waals surface area contributed by atoms with Crippen molar-refractivity contribution < 1.29 is 9.84 Å². The van der Waals surface area contributed by atoms with Crippen molar-refractivity contribution in [1.29, 1.82) is 0 Å². The molecule has 2 unspecified atom stereocenters. The minimum Gasteiger partial charge on any atom is -0.491 e. The Kier molecular flexibility index (Phi) is 5.68. The van der Waals surface area contributed by atoms with Crippen LogP contribution in [0.5, 0.6) is 5.75 Å². The third kappa shape index (κ3) is 4.12. The van der Waals surface area contributed by atoms with Crippen LogP contribution in [0, 0.1) is 0 Å². The molecule has 4 heteroatoms. The second kappa shape index (κ2) is 7.50. The van der Waals surface area contributed by atoms with E-state index in [1.165, 1.54) is 6.42 Å². The van der Waals surface area contributed by atoms with Crippen LogP contribution in [0.2, 0.25) is 0 Å². The number of rotatable bonds is 6. The number of aliphatic hydroxyl groups is 1. The summed E-state index contributed by atoms with van der Waals surface area (Å²) in [5.41, 5.74) is 6.51. The molecule has 20 heavy (non-hydrogen) atoms. The molecule has 0 radical (unpaired) electrons. The zero-order valence-corrected chi connectivity index (χ0v) is 12.3. The summed E-state index contributed by atoms with van der Waals surface area (Å²) in [4.78, 5) is 2.27. The van der Waals surface area contributed by atoms with Crippen LogP contribution < -0.4 is 10.5 Å². The molecule has 112 valence electrons. The molecule has 0 bridgehead atoms. The van der Waals surface area contributed by atoms with Gasteiger partial charge in [0, 0.05) is 12.6 Å². The van der Waals surface area contributed by atoms with E-state index in [4.69, 9.17) is 10.5 Å². The molecule has 1 fully saturated rings. The molecule has 2 atom stereocenters. The smallest absolute Gasteiger partial charge is 0.142 e. The molecule has 0 heterocycles. The summed E-state index contributed by atoms with van der Waals surface area (Å²) >= 11 is 0. The lowest BCUT2D eigenvalue weighted by atomic mass is 9.91. The van der Waals surface area contributed by atoms with Crippen LogP contribution in [0.15, 0.2) is 24.3 Å². The van der Waals surface area contributed by atoms with E-state index in [1.807, 2.05) is 24.3 Å². The Morgan fingerprint density at radius 3 is 2.80 bits per heavy atom. The SMILES string of the molecule is CN(CCCOc1ccccc1N)C1CCCCC1O. The van der Waals surface area contributed by atoms with Gasteiger partial charge in [-0.3, -0.25) is 0 Å². The molecule has 1 aromatic carbocycles. The number of ether oxygens (including phenoxy) is 1. The normalized spacial score (nSPS) is 22.9. The van der Waals surface area contributed by atoms with Crippen LogP contribution in [0.4, 0.5) is 5.69 Å². The highest BCUT2D eigenvalue weighted by Gasteiger charge is 2.25. The predicted molar refractivity (Wildman–Crippen MR) is 81.9 cm³/mol. The summed E-state index contributed by atoms with van der Waals surface area (Å²) in [6, 6.07) is 7.88. The Bertz CT molecular complexity index is 411. The Balaban J connectivity index is 1.69. The zero-order chi connectivity index (χ0) is 14.4. The third-order valence-corrected chi connectivity index (χ3v) is 4.09. The second-order valence-corrected chi connectivity index (χ2v) is 5.64. The van der Waals surface area contributed by atoms with Crippen molar-refractivity contribution in [3.8, 4) is 5.75 Å². The van der Waals surface area contributed by atoms with Gasteiger partial charge >= 0.3 is 0 Å². The van der Waals surface area contributed by atoms with Gasteiger partial charge in [-0.15, -0.1) is 0 Å². The highest BCUT2D eigenvalue weighted by Crippen LogP contribution is 2.23. The molecule has 0 aliphatic heterocycles. The van der Waals surface area contributed by atoms with Gasteiger partial charge in [0.2, 0.25) is 0 Å². The minimum absolute atomic E-state index is 0.167. The molecular weight excluding hydrogens is 252 g/mol. The predicted octanol–water partition coefficient (Wildman–Crippen LogP) is 2.27. The van der Waals surface area contributed by atoms with Crippen LogP contribution in [0.25, 0.3) is 0 Å². The van der Waals surface area contributed by atoms with Crippen LogP contribution >= 0.6 is 0 Å². The van der Waals surface area contributed by atoms with Gasteiger partial charge in [-0.1, -0.05) is 25.0 Å². The Morgan fingerprint density at radius 1 is 1.30 bits per heavy atom. The van der Waals surface area contributed by atoms with E-state index in [0.717, 1.165) is 38.0 Å². The summed E-state index contributed by atoms with van der Waals surface area (Å²) in [5.74, 6) is 0.757. The van der Waals surface area contributed by atoms with Crippen LogP contribution in [0.3, 0.4) is 0 Å². The summed E-state index contributed by atoms with van der Waals surface area (Å²) in [5, 5.41) is 10.0.